The van der Waals surface area contributed by atoms with Crippen LogP contribution in [0.4, 0.5) is 0 Å². The SMILES string of the molecule is N[C@@H](Cc1c(C(=O)O)noc1-c1cccs1)C(=O)O. The summed E-state index contributed by atoms with van der Waals surface area (Å²) in [6.07, 6.45) is -0.159. The lowest BCUT2D eigenvalue weighted by Gasteiger charge is -2.05. The molecule has 0 aliphatic heterocycles. The largest absolute Gasteiger partial charge is 0.480 e. The summed E-state index contributed by atoms with van der Waals surface area (Å²) >= 11 is 1.34. The van der Waals surface area contributed by atoms with Crippen molar-refractivity contribution in [2.75, 3.05) is 0 Å². The van der Waals surface area contributed by atoms with Crippen LogP contribution in [0.5, 0.6) is 0 Å². The van der Waals surface area contributed by atoms with Gasteiger partial charge in [-0.1, -0.05) is 11.2 Å². The highest BCUT2D eigenvalue weighted by molar-refractivity contribution is 7.13. The number of nitrogens with zero attached hydrogens (tertiary/aromatic N) is 1. The van der Waals surface area contributed by atoms with Gasteiger partial charge in [-0.2, -0.15) is 0 Å². The Morgan fingerprint density at radius 2 is 2.21 bits per heavy atom. The first-order chi connectivity index (χ1) is 9.00. The highest BCUT2D eigenvalue weighted by Crippen LogP contribution is 2.30. The smallest absolute Gasteiger partial charge is 0.358 e. The van der Waals surface area contributed by atoms with E-state index in [9.17, 15) is 9.59 Å². The molecule has 0 saturated heterocycles. The number of aromatic nitrogens is 1. The maximum atomic E-state index is 11.0. The number of rotatable bonds is 5. The van der Waals surface area contributed by atoms with Gasteiger partial charge in [0.2, 0.25) is 0 Å². The fourth-order valence-corrected chi connectivity index (χ4v) is 2.30. The van der Waals surface area contributed by atoms with Crippen molar-refractivity contribution in [1.82, 2.24) is 5.16 Å². The molecule has 2 rings (SSSR count). The van der Waals surface area contributed by atoms with E-state index in [0.717, 1.165) is 0 Å². The lowest BCUT2D eigenvalue weighted by molar-refractivity contribution is -0.138. The van der Waals surface area contributed by atoms with Crippen molar-refractivity contribution in [2.24, 2.45) is 5.73 Å². The van der Waals surface area contributed by atoms with Gasteiger partial charge in [-0.3, -0.25) is 4.79 Å². The topological polar surface area (TPSA) is 127 Å². The molecular weight excluding hydrogens is 272 g/mol. The molecule has 2 aromatic rings. The van der Waals surface area contributed by atoms with E-state index >= 15 is 0 Å². The molecule has 0 radical (unpaired) electrons. The van der Waals surface area contributed by atoms with Crippen LogP contribution < -0.4 is 5.73 Å². The van der Waals surface area contributed by atoms with Crippen molar-refractivity contribution in [3.05, 3.63) is 28.8 Å². The van der Waals surface area contributed by atoms with E-state index < -0.39 is 18.0 Å². The molecule has 100 valence electrons. The van der Waals surface area contributed by atoms with Gasteiger partial charge in [0.15, 0.2) is 11.5 Å². The van der Waals surface area contributed by atoms with Gasteiger partial charge in [0.25, 0.3) is 0 Å². The normalized spacial score (nSPS) is 12.3. The zero-order valence-electron chi connectivity index (χ0n) is 9.57. The fourth-order valence-electron chi connectivity index (χ4n) is 1.58. The number of carboxylic acids is 2. The molecule has 0 aliphatic carbocycles. The van der Waals surface area contributed by atoms with Crippen LogP contribution in [0.2, 0.25) is 0 Å². The van der Waals surface area contributed by atoms with Gasteiger partial charge in [-0.25, -0.2) is 4.79 Å². The molecule has 0 unspecified atom stereocenters. The zero-order valence-corrected chi connectivity index (χ0v) is 10.4. The zero-order chi connectivity index (χ0) is 14.0. The van der Waals surface area contributed by atoms with Gasteiger partial charge >= 0.3 is 11.9 Å². The number of carbonyl (C=O) groups is 2. The average molecular weight is 282 g/mol. The molecular formula is C11H10N2O5S. The third-order valence-electron chi connectivity index (χ3n) is 2.48. The molecule has 19 heavy (non-hydrogen) atoms. The van der Waals surface area contributed by atoms with E-state index in [1.807, 2.05) is 0 Å². The van der Waals surface area contributed by atoms with E-state index in [0.29, 0.717) is 4.88 Å². The Labute approximate surface area is 111 Å². The number of aliphatic carboxylic acids is 1. The third kappa shape index (κ3) is 2.64. The van der Waals surface area contributed by atoms with Crippen molar-refractivity contribution < 1.29 is 24.3 Å². The number of hydrogen-bond donors (Lipinski definition) is 3. The Bertz CT molecular complexity index is 605. The van der Waals surface area contributed by atoms with E-state index in [1.165, 1.54) is 11.3 Å². The molecule has 0 aromatic carbocycles. The monoisotopic (exact) mass is 282 g/mol. The molecule has 0 spiro atoms. The van der Waals surface area contributed by atoms with Crippen molar-refractivity contribution in [2.45, 2.75) is 12.5 Å². The summed E-state index contributed by atoms with van der Waals surface area (Å²) in [6.45, 7) is 0. The summed E-state index contributed by atoms with van der Waals surface area (Å²) in [5.41, 5.74) is 5.33. The predicted octanol–water partition coefficient (Wildman–Crippen LogP) is 1.06. The second-order valence-electron chi connectivity index (χ2n) is 3.77. The van der Waals surface area contributed by atoms with Gasteiger partial charge in [-0.15, -0.1) is 11.3 Å². The van der Waals surface area contributed by atoms with Crippen LogP contribution in [0.3, 0.4) is 0 Å². The molecule has 2 heterocycles. The lowest BCUT2D eigenvalue weighted by atomic mass is 10.0. The van der Waals surface area contributed by atoms with Crippen LogP contribution in [-0.2, 0) is 11.2 Å². The number of carboxylic acid groups (broad SMARTS) is 2. The molecule has 0 saturated carbocycles. The van der Waals surface area contributed by atoms with Gasteiger partial charge in [0.05, 0.1) is 4.88 Å². The van der Waals surface area contributed by atoms with Crippen molar-refractivity contribution >= 4 is 23.3 Å². The van der Waals surface area contributed by atoms with Gasteiger partial charge < -0.3 is 20.5 Å². The van der Waals surface area contributed by atoms with Crippen LogP contribution in [-0.4, -0.2) is 33.4 Å². The Hall–Kier alpha value is -2.19. The molecule has 4 N–H and O–H groups in total. The van der Waals surface area contributed by atoms with E-state index in [-0.39, 0.29) is 23.4 Å². The van der Waals surface area contributed by atoms with Crippen molar-refractivity contribution in [1.29, 1.82) is 0 Å². The van der Waals surface area contributed by atoms with E-state index in [4.69, 9.17) is 20.5 Å². The standard InChI is InChI=1S/C11H10N2O5S/c12-6(10(14)15)4-5-8(11(16)17)13-18-9(5)7-2-1-3-19-7/h1-3,6H,4,12H2,(H,14,15)(H,16,17)/t6-/m0/s1. The van der Waals surface area contributed by atoms with Crippen molar-refractivity contribution in [3.8, 4) is 10.6 Å². The highest BCUT2D eigenvalue weighted by Gasteiger charge is 2.26. The van der Waals surface area contributed by atoms with Gasteiger partial charge in [0.1, 0.15) is 6.04 Å². The fraction of sp³-hybridized carbons (Fsp3) is 0.182. The van der Waals surface area contributed by atoms with E-state index in [1.54, 1.807) is 17.5 Å². The first kappa shape index (κ1) is 13.2. The van der Waals surface area contributed by atoms with Crippen LogP contribution in [0.25, 0.3) is 10.6 Å². The molecule has 0 aliphatic rings. The van der Waals surface area contributed by atoms with Crippen LogP contribution in [0.1, 0.15) is 16.1 Å². The third-order valence-corrected chi connectivity index (χ3v) is 3.35. The van der Waals surface area contributed by atoms with Gasteiger partial charge in [0, 0.05) is 12.0 Å². The summed E-state index contributed by atoms with van der Waals surface area (Å²) in [7, 11) is 0. The quantitative estimate of drug-likeness (QED) is 0.748. The summed E-state index contributed by atoms with van der Waals surface area (Å²) in [6, 6.07) is 2.28. The summed E-state index contributed by atoms with van der Waals surface area (Å²) in [4.78, 5) is 22.5. The Balaban J connectivity index is 2.45. The highest BCUT2D eigenvalue weighted by atomic mass is 32.1. The van der Waals surface area contributed by atoms with Crippen LogP contribution in [0, 0.1) is 0 Å². The summed E-state index contributed by atoms with van der Waals surface area (Å²) < 4.78 is 5.01. The minimum Gasteiger partial charge on any atom is -0.480 e. The van der Waals surface area contributed by atoms with Gasteiger partial charge in [-0.05, 0) is 11.4 Å². The molecule has 0 amide bonds. The second kappa shape index (κ2) is 5.21. The minimum absolute atomic E-state index is 0.159. The molecule has 8 heteroatoms. The number of nitrogens with two attached hydrogens (primary N) is 1. The second-order valence-corrected chi connectivity index (χ2v) is 4.72. The minimum atomic E-state index is -1.28. The number of thiophene rings is 1. The van der Waals surface area contributed by atoms with Crippen LogP contribution in [0.15, 0.2) is 22.0 Å². The molecule has 0 bridgehead atoms. The summed E-state index contributed by atoms with van der Waals surface area (Å²) in [5, 5.41) is 23.1. The number of aromatic carboxylic acids is 1. The van der Waals surface area contributed by atoms with Crippen LogP contribution >= 0.6 is 11.3 Å². The maximum Gasteiger partial charge on any atom is 0.358 e. The first-order valence-electron chi connectivity index (χ1n) is 5.24. The average Bonchev–Trinajstić information content (AvgIpc) is 2.96. The lowest BCUT2D eigenvalue weighted by Crippen LogP contribution is -2.32. The maximum absolute atomic E-state index is 11.0. The Morgan fingerprint density at radius 1 is 1.47 bits per heavy atom. The number of hydrogen-bond acceptors (Lipinski definition) is 6. The molecule has 0 fully saturated rings. The molecule has 2 aromatic heterocycles. The predicted molar refractivity (Wildman–Crippen MR) is 66.1 cm³/mol. The van der Waals surface area contributed by atoms with Crippen molar-refractivity contribution in [3.63, 3.8) is 0 Å². The summed E-state index contributed by atoms with van der Waals surface area (Å²) in [5.74, 6) is -2.24. The first-order valence-corrected chi connectivity index (χ1v) is 6.12. The molecule has 7 nitrogen and oxygen atoms in total. The Morgan fingerprint density at radius 3 is 2.74 bits per heavy atom. The Kier molecular flexibility index (Phi) is 3.63. The van der Waals surface area contributed by atoms with E-state index in [2.05, 4.69) is 5.16 Å². The molecule has 1 atom stereocenters.